The molecule has 0 fully saturated rings. The fourth-order valence-electron chi connectivity index (χ4n) is 1.28. The normalized spacial score (nSPS) is 9.83. The number of nitrogens with one attached hydrogen (secondary N) is 2. The summed E-state index contributed by atoms with van der Waals surface area (Å²) in [6.45, 7) is 2.46. The lowest BCUT2D eigenvalue weighted by atomic mass is 10.3. The van der Waals surface area contributed by atoms with Crippen molar-refractivity contribution in [3.05, 3.63) is 24.3 Å². The zero-order chi connectivity index (χ0) is 13.4. The van der Waals surface area contributed by atoms with Gasteiger partial charge < -0.3 is 16.4 Å². The molecule has 1 rings (SSSR count). The van der Waals surface area contributed by atoms with Gasteiger partial charge in [0, 0.05) is 6.54 Å². The van der Waals surface area contributed by atoms with Gasteiger partial charge in [-0.3, -0.25) is 9.59 Å². The molecule has 0 aliphatic rings. The number of benzene rings is 1. The van der Waals surface area contributed by atoms with Gasteiger partial charge >= 0.3 is 0 Å². The first-order valence-electron chi connectivity index (χ1n) is 5.62. The van der Waals surface area contributed by atoms with Gasteiger partial charge in [-0.25, -0.2) is 0 Å². The van der Waals surface area contributed by atoms with Crippen LogP contribution in [0.15, 0.2) is 24.3 Å². The number of nitrogens with two attached hydrogens (primary N) is 1. The molecule has 0 spiro atoms. The van der Waals surface area contributed by atoms with Crippen molar-refractivity contribution in [3.8, 4) is 0 Å². The van der Waals surface area contributed by atoms with Gasteiger partial charge in [-0.05, 0) is 19.1 Å². The maximum atomic E-state index is 11.6. The van der Waals surface area contributed by atoms with Crippen LogP contribution in [0.4, 0.5) is 11.4 Å². The summed E-state index contributed by atoms with van der Waals surface area (Å²) in [5.74, 6) is 0.286. The summed E-state index contributed by atoms with van der Waals surface area (Å²) in [4.78, 5) is 22.7. The monoisotopic (exact) mass is 267 g/mol. The topological polar surface area (TPSA) is 84.2 Å². The van der Waals surface area contributed by atoms with Crippen molar-refractivity contribution in [3.63, 3.8) is 0 Å². The number of hydrogen-bond donors (Lipinski definition) is 3. The van der Waals surface area contributed by atoms with Crippen LogP contribution in [0.2, 0.25) is 0 Å². The Labute approximate surface area is 111 Å². The number of amides is 2. The van der Waals surface area contributed by atoms with Gasteiger partial charge in [-0.15, -0.1) is 11.8 Å². The fourth-order valence-corrected chi connectivity index (χ4v) is 1.93. The first-order valence-corrected chi connectivity index (χ1v) is 6.77. The van der Waals surface area contributed by atoms with Gasteiger partial charge in [0.05, 0.1) is 22.9 Å². The van der Waals surface area contributed by atoms with Crippen LogP contribution in [-0.2, 0) is 9.59 Å². The SMILES string of the molecule is CCNC(=O)CSCC(=O)Nc1ccccc1N. The van der Waals surface area contributed by atoms with E-state index < -0.39 is 0 Å². The Bertz CT molecular complexity index is 424. The minimum absolute atomic E-state index is 0.0606. The van der Waals surface area contributed by atoms with Crippen molar-refractivity contribution in [2.45, 2.75) is 6.92 Å². The van der Waals surface area contributed by atoms with Crippen molar-refractivity contribution in [1.29, 1.82) is 0 Å². The summed E-state index contributed by atoms with van der Waals surface area (Å²) in [6, 6.07) is 7.06. The van der Waals surface area contributed by atoms with E-state index in [0.29, 0.717) is 17.9 Å². The second-order valence-corrected chi connectivity index (χ2v) is 4.57. The van der Waals surface area contributed by atoms with Crippen molar-refractivity contribution in [2.75, 3.05) is 29.1 Å². The van der Waals surface area contributed by atoms with Crippen LogP contribution in [-0.4, -0.2) is 29.9 Å². The average molecular weight is 267 g/mol. The van der Waals surface area contributed by atoms with Gasteiger partial charge in [0.1, 0.15) is 0 Å². The van der Waals surface area contributed by atoms with Crippen LogP contribution in [0.5, 0.6) is 0 Å². The van der Waals surface area contributed by atoms with Crippen LogP contribution in [0.3, 0.4) is 0 Å². The minimum atomic E-state index is -0.165. The molecule has 0 saturated heterocycles. The van der Waals surface area contributed by atoms with Crippen molar-refractivity contribution < 1.29 is 9.59 Å². The number of rotatable bonds is 6. The highest BCUT2D eigenvalue weighted by Gasteiger charge is 2.06. The summed E-state index contributed by atoms with van der Waals surface area (Å²) in [6.07, 6.45) is 0. The molecule has 18 heavy (non-hydrogen) atoms. The first-order chi connectivity index (χ1) is 8.63. The minimum Gasteiger partial charge on any atom is -0.397 e. The number of carbonyl (C=O) groups is 2. The van der Waals surface area contributed by atoms with Crippen LogP contribution < -0.4 is 16.4 Å². The van der Waals surface area contributed by atoms with E-state index in [4.69, 9.17) is 5.73 Å². The largest absolute Gasteiger partial charge is 0.397 e. The molecule has 5 nitrogen and oxygen atoms in total. The van der Waals surface area contributed by atoms with E-state index in [-0.39, 0.29) is 23.3 Å². The molecule has 0 aliphatic heterocycles. The highest BCUT2D eigenvalue weighted by atomic mass is 32.2. The zero-order valence-corrected chi connectivity index (χ0v) is 11.0. The van der Waals surface area contributed by atoms with Gasteiger partial charge in [0.15, 0.2) is 0 Å². The quantitative estimate of drug-likeness (QED) is 0.673. The Balaban J connectivity index is 2.30. The third-order valence-corrected chi connectivity index (χ3v) is 3.01. The molecular formula is C12H17N3O2S. The number of hydrogen-bond acceptors (Lipinski definition) is 4. The standard InChI is InChI=1S/C12H17N3O2S/c1-2-14-11(16)7-18-8-12(17)15-10-6-4-3-5-9(10)13/h3-6H,2,7-8,13H2,1H3,(H,14,16)(H,15,17). The number of nitrogen functional groups attached to an aromatic ring is 1. The maximum absolute atomic E-state index is 11.6. The number of thioether (sulfide) groups is 1. The molecule has 0 saturated carbocycles. The van der Waals surface area contributed by atoms with E-state index in [1.54, 1.807) is 24.3 Å². The van der Waals surface area contributed by atoms with Crippen LogP contribution in [0.1, 0.15) is 6.92 Å². The molecule has 1 aromatic carbocycles. The first kappa shape index (κ1) is 14.4. The van der Waals surface area contributed by atoms with Crippen molar-refractivity contribution in [2.24, 2.45) is 0 Å². The van der Waals surface area contributed by atoms with Crippen LogP contribution in [0.25, 0.3) is 0 Å². The maximum Gasteiger partial charge on any atom is 0.234 e. The molecule has 0 bridgehead atoms. The zero-order valence-electron chi connectivity index (χ0n) is 10.2. The lowest BCUT2D eigenvalue weighted by Crippen LogP contribution is -2.25. The Morgan fingerprint density at radius 1 is 1.22 bits per heavy atom. The molecule has 0 heterocycles. The average Bonchev–Trinajstić information content (AvgIpc) is 2.32. The Morgan fingerprint density at radius 3 is 2.56 bits per heavy atom. The predicted molar refractivity (Wildman–Crippen MR) is 75.5 cm³/mol. The number of carbonyl (C=O) groups excluding carboxylic acids is 2. The van der Waals surface area contributed by atoms with Gasteiger partial charge in [0.2, 0.25) is 11.8 Å². The smallest absolute Gasteiger partial charge is 0.234 e. The third kappa shape index (κ3) is 5.09. The molecule has 1 aromatic rings. The molecule has 0 unspecified atom stereocenters. The molecule has 6 heteroatoms. The van der Waals surface area contributed by atoms with E-state index >= 15 is 0 Å². The Morgan fingerprint density at radius 2 is 1.89 bits per heavy atom. The Hall–Kier alpha value is -1.69. The summed E-state index contributed by atoms with van der Waals surface area (Å²) in [5.41, 5.74) is 6.83. The lowest BCUT2D eigenvalue weighted by Gasteiger charge is -2.07. The third-order valence-electron chi connectivity index (χ3n) is 2.08. The Kier molecular flexibility index (Phi) is 6.07. The van der Waals surface area contributed by atoms with E-state index in [9.17, 15) is 9.59 Å². The van der Waals surface area contributed by atoms with Gasteiger partial charge in [-0.1, -0.05) is 12.1 Å². The molecule has 4 N–H and O–H groups in total. The molecule has 0 aromatic heterocycles. The molecule has 2 amide bonds. The predicted octanol–water partition coefficient (Wildman–Crippen LogP) is 1.08. The van der Waals surface area contributed by atoms with E-state index in [1.807, 2.05) is 6.92 Å². The highest BCUT2D eigenvalue weighted by molar-refractivity contribution is 8.00. The van der Waals surface area contributed by atoms with Crippen molar-refractivity contribution in [1.82, 2.24) is 5.32 Å². The fraction of sp³-hybridized carbons (Fsp3) is 0.333. The molecule has 98 valence electrons. The molecule has 0 atom stereocenters. The van der Waals surface area contributed by atoms with Gasteiger partial charge in [0.25, 0.3) is 0 Å². The lowest BCUT2D eigenvalue weighted by molar-refractivity contribution is -0.118. The summed E-state index contributed by atoms with van der Waals surface area (Å²) in [7, 11) is 0. The van der Waals surface area contributed by atoms with E-state index in [1.165, 1.54) is 11.8 Å². The number of anilines is 2. The second kappa shape index (κ2) is 7.60. The number of para-hydroxylation sites is 2. The van der Waals surface area contributed by atoms with Crippen LogP contribution in [0, 0.1) is 0 Å². The molecule has 0 aliphatic carbocycles. The second-order valence-electron chi connectivity index (χ2n) is 3.58. The summed E-state index contributed by atoms with van der Waals surface area (Å²) in [5, 5.41) is 5.37. The van der Waals surface area contributed by atoms with E-state index in [0.717, 1.165) is 0 Å². The van der Waals surface area contributed by atoms with E-state index in [2.05, 4.69) is 10.6 Å². The summed E-state index contributed by atoms with van der Waals surface area (Å²) < 4.78 is 0. The van der Waals surface area contributed by atoms with Gasteiger partial charge in [-0.2, -0.15) is 0 Å². The molecular weight excluding hydrogens is 250 g/mol. The molecule has 0 radical (unpaired) electrons. The summed E-state index contributed by atoms with van der Waals surface area (Å²) >= 11 is 1.27. The van der Waals surface area contributed by atoms with Crippen LogP contribution >= 0.6 is 11.8 Å². The van der Waals surface area contributed by atoms with Crippen molar-refractivity contribution >= 4 is 35.0 Å². The highest BCUT2D eigenvalue weighted by Crippen LogP contribution is 2.16.